The van der Waals surface area contributed by atoms with E-state index in [0.29, 0.717) is 10.6 Å². The number of aryl methyl sites for hydroxylation is 1. The minimum absolute atomic E-state index is 0.0646. The summed E-state index contributed by atoms with van der Waals surface area (Å²) >= 11 is 0. The van der Waals surface area contributed by atoms with Crippen molar-refractivity contribution in [3.63, 3.8) is 0 Å². The molecule has 0 aromatic heterocycles. The van der Waals surface area contributed by atoms with E-state index in [2.05, 4.69) is 5.32 Å². The number of benzene rings is 1. The van der Waals surface area contributed by atoms with Crippen LogP contribution in [0.5, 0.6) is 0 Å². The predicted octanol–water partition coefficient (Wildman–Crippen LogP) is 1.60. The summed E-state index contributed by atoms with van der Waals surface area (Å²) in [6.07, 6.45) is 0. The van der Waals surface area contributed by atoms with Crippen LogP contribution in [0, 0.1) is 6.92 Å². The van der Waals surface area contributed by atoms with Crippen LogP contribution in [0.15, 0.2) is 23.1 Å². The van der Waals surface area contributed by atoms with Gasteiger partial charge in [-0.15, -0.1) is 0 Å². The highest BCUT2D eigenvalue weighted by molar-refractivity contribution is 7.86. The number of rotatable bonds is 3. The van der Waals surface area contributed by atoms with Gasteiger partial charge < -0.3 is 11.1 Å². The highest BCUT2D eigenvalue weighted by Gasteiger charge is 2.17. The summed E-state index contributed by atoms with van der Waals surface area (Å²) in [4.78, 5) is 12.2. The minimum Gasteiger partial charge on any atom is -0.398 e. The lowest BCUT2D eigenvalue weighted by Crippen LogP contribution is -2.42. The zero-order valence-corrected chi connectivity index (χ0v) is 12.1. The standard InChI is InChI=1S/C13H20N2O2S/c1-9-5-6-10(14)11(7-9)18(17)8-12(16)15-13(2,3)4/h5-7H,8,14H2,1-4H3,(H,15,16). The molecule has 1 rings (SSSR count). The molecule has 0 saturated heterocycles. The fourth-order valence-corrected chi connectivity index (χ4v) is 2.60. The Balaban J connectivity index is 2.77. The fourth-order valence-electron chi connectivity index (χ4n) is 1.49. The molecule has 0 aliphatic carbocycles. The van der Waals surface area contributed by atoms with Crippen molar-refractivity contribution < 1.29 is 9.00 Å². The molecular weight excluding hydrogens is 248 g/mol. The first-order valence-corrected chi connectivity index (χ1v) is 7.06. The van der Waals surface area contributed by atoms with Gasteiger partial charge in [0.05, 0.1) is 15.7 Å². The molecular formula is C13H20N2O2S. The van der Waals surface area contributed by atoms with Crippen LogP contribution in [0.2, 0.25) is 0 Å². The fraction of sp³-hybridized carbons (Fsp3) is 0.462. The molecule has 1 aromatic carbocycles. The third kappa shape index (κ3) is 4.49. The largest absolute Gasteiger partial charge is 0.398 e. The number of nitrogens with one attached hydrogen (secondary N) is 1. The highest BCUT2D eigenvalue weighted by Crippen LogP contribution is 2.18. The molecule has 0 aliphatic rings. The third-order valence-corrected chi connectivity index (χ3v) is 3.56. The summed E-state index contributed by atoms with van der Waals surface area (Å²) in [6, 6.07) is 5.32. The lowest BCUT2D eigenvalue weighted by atomic mass is 10.1. The Morgan fingerprint density at radius 3 is 2.56 bits per heavy atom. The normalized spacial score (nSPS) is 13.1. The van der Waals surface area contributed by atoms with Crippen molar-refractivity contribution in [3.05, 3.63) is 23.8 Å². The topological polar surface area (TPSA) is 72.2 Å². The van der Waals surface area contributed by atoms with Crippen molar-refractivity contribution in [3.8, 4) is 0 Å². The molecule has 1 atom stereocenters. The molecule has 0 radical (unpaired) electrons. The minimum atomic E-state index is -1.41. The SMILES string of the molecule is Cc1ccc(N)c(S(=O)CC(=O)NC(C)(C)C)c1. The van der Waals surface area contributed by atoms with E-state index in [4.69, 9.17) is 5.73 Å². The molecule has 1 aromatic rings. The van der Waals surface area contributed by atoms with E-state index in [1.165, 1.54) is 0 Å². The molecule has 0 aliphatic heterocycles. The first-order chi connectivity index (χ1) is 8.19. The van der Waals surface area contributed by atoms with Crippen molar-refractivity contribution >= 4 is 22.4 Å². The van der Waals surface area contributed by atoms with Crippen LogP contribution in [-0.4, -0.2) is 21.4 Å². The molecule has 3 N–H and O–H groups in total. The van der Waals surface area contributed by atoms with Gasteiger partial charge in [0, 0.05) is 11.2 Å². The van der Waals surface area contributed by atoms with Gasteiger partial charge in [-0.2, -0.15) is 0 Å². The number of hydrogen-bond donors (Lipinski definition) is 2. The molecule has 0 spiro atoms. The Bertz CT molecular complexity index is 478. The first kappa shape index (κ1) is 14.7. The zero-order chi connectivity index (χ0) is 13.9. The molecule has 4 nitrogen and oxygen atoms in total. The molecule has 0 saturated carbocycles. The van der Waals surface area contributed by atoms with Gasteiger partial charge >= 0.3 is 0 Å². The van der Waals surface area contributed by atoms with Gasteiger partial charge in [0.1, 0.15) is 5.75 Å². The number of amides is 1. The van der Waals surface area contributed by atoms with Crippen molar-refractivity contribution in [2.24, 2.45) is 0 Å². The number of hydrogen-bond acceptors (Lipinski definition) is 3. The maximum atomic E-state index is 12.1. The van der Waals surface area contributed by atoms with Crippen LogP contribution in [0.25, 0.3) is 0 Å². The monoisotopic (exact) mass is 268 g/mol. The summed E-state index contributed by atoms with van der Waals surface area (Å²) in [5.74, 6) is -0.299. The van der Waals surface area contributed by atoms with Gasteiger partial charge in [-0.25, -0.2) is 0 Å². The average Bonchev–Trinajstić information content (AvgIpc) is 2.18. The Morgan fingerprint density at radius 2 is 2.00 bits per heavy atom. The van der Waals surface area contributed by atoms with E-state index in [1.807, 2.05) is 33.8 Å². The maximum absolute atomic E-state index is 12.1. The molecule has 5 heteroatoms. The summed E-state index contributed by atoms with van der Waals surface area (Å²) < 4.78 is 12.1. The van der Waals surface area contributed by atoms with Crippen molar-refractivity contribution in [2.45, 2.75) is 38.1 Å². The molecule has 100 valence electrons. The number of nitrogens with two attached hydrogens (primary N) is 1. The predicted molar refractivity (Wildman–Crippen MR) is 74.8 cm³/mol. The van der Waals surface area contributed by atoms with Crippen molar-refractivity contribution in [1.29, 1.82) is 0 Å². The van der Waals surface area contributed by atoms with Gasteiger partial charge in [-0.1, -0.05) is 6.07 Å². The Kier molecular flexibility index (Phi) is 4.51. The molecule has 1 unspecified atom stereocenters. The van der Waals surface area contributed by atoms with Crippen LogP contribution < -0.4 is 11.1 Å². The van der Waals surface area contributed by atoms with E-state index in [0.717, 1.165) is 5.56 Å². The number of carbonyl (C=O) groups excluding carboxylic acids is 1. The number of carbonyl (C=O) groups is 1. The van der Waals surface area contributed by atoms with Gasteiger partial charge in [0.25, 0.3) is 0 Å². The summed E-state index contributed by atoms with van der Waals surface area (Å²) in [5.41, 5.74) is 6.88. The second kappa shape index (κ2) is 5.52. The highest BCUT2D eigenvalue weighted by atomic mass is 32.2. The van der Waals surface area contributed by atoms with E-state index in [9.17, 15) is 9.00 Å². The Morgan fingerprint density at radius 1 is 1.39 bits per heavy atom. The lowest BCUT2D eigenvalue weighted by molar-refractivity contribution is -0.119. The van der Waals surface area contributed by atoms with Gasteiger partial charge in [0.2, 0.25) is 5.91 Å². The molecule has 0 heterocycles. The molecule has 0 bridgehead atoms. The van der Waals surface area contributed by atoms with Gasteiger partial charge in [-0.3, -0.25) is 9.00 Å². The van der Waals surface area contributed by atoms with Crippen LogP contribution >= 0.6 is 0 Å². The van der Waals surface area contributed by atoms with Crippen LogP contribution in [0.3, 0.4) is 0 Å². The average molecular weight is 268 g/mol. The number of nitrogen functional groups attached to an aromatic ring is 1. The van der Waals surface area contributed by atoms with Gasteiger partial charge in [0.15, 0.2) is 0 Å². The van der Waals surface area contributed by atoms with Gasteiger partial charge in [-0.05, 0) is 45.4 Å². The van der Waals surface area contributed by atoms with E-state index >= 15 is 0 Å². The summed E-state index contributed by atoms with van der Waals surface area (Å²) in [7, 11) is -1.41. The summed E-state index contributed by atoms with van der Waals surface area (Å²) in [5, 5.41) is 2.78. The maximum Gasteiger partial charge on any atom is 0.233 e. The van der Waals surface area contributed by atoms with E-state index < -0.39 is 10.8 Å². The molecule has 1 amide bonds. The van der Waals surface area contributed by atoms with Crippen LogP contribution in [0.1, 0.15) is 26.3 Å². The Hall–Kier alpha value is -1.36. The third-order valence-electron chi connectivity index (χ3n) is 2.19. The molecule has 18 heavy (non-hydrogen) atoms. The number of anilines is 1. The molecule has 0 fully saturated rings. The van der Waals surface area contributed by atoms with Crippen LogP contribution in [-0.2, 0) is 15.6 Å². The van der Waals surface area contributed by atoms with E-state index in [1.54, 1.807) is 12.1 Å². The smallest absolute Gasteiger partial charge is 0.233 e. The zero-order valence-electron chi connectivity index (χ0n) is 11.2. The second-order valence-corrected chi connectivity index (χ2v) is 6.75. The van der Waals surface area contributed by atoms with Crippen molar-refractivity contribution in [1.82, 2.24) is 5.32 Å². The van der Waals surface area contributed by atoms with Crippen LogP contribution in [0.4, 0.5) is 5.69 Å². The van der Waals surface area contributed by atoms with E-state index in [-0.39, 0.29) is 17.2 Å². The second-order valence-electron chi connectivity index (χ2n) is 5.33. The first-order valence-electron chi connectivity index (χ1n) is 5.74. The van der Waals surface area contributed by atoms with Crippen molar-refractivity contribution in [2.75, 3.05) is 11.5 Å². The lowest BCUT2D eigenvalue weighted by Gasteiger charge is -2.20. The quantitative estimate of drug-likeness (QED) is 0.818. The Labute approximate surface area is 110 Å². The summed E-state index contributed by atoms with van der Waals surface area (Å²) in [6.45, 7) is 7.55.